The minimum absolute atomic E-state index is 0.0182. The highest BCUT2D eigenvalue weighted by molar-refractivity contribution is 5.95. The molecule has 1 saturated heterocycles. The number of anilines is 1. The molecule has 96 valence electrons. The van der Waals surface area contributed by atoms with Crippen LogP contribution in [-0.2, 0) is 9.53 Å². The molecular weight excluding hydrogens is 240 g/mol. The van der Waals surface area contributed by atoms with E-state index in [0.717, 1.165) is 18.6 Å². The van der Waals surface area contributed by atoms with Gasteiger partial charge >= 0.3 is 0 Å². The van der Waals surface area contributed by atoms with Gasteiger partial charge in [0.2, 0.25) is 0 Å². The van der Waals surface area contributed by atoms with E-state index in [9.17, 15) is 20.0 Å². The minimum Gasteiger partial charge on any atom is -0.506 e. The molecule has 1 heterocycles. The summed E-state index contributed by atoms with van der Waals surface area (Å²) in [5.41, 5.74) is -0.180. The van der Waals surface area contributed by atoms with E-state index in [4.69, 9.17) is 4.74 Å². The number of hydrogen-bond donors (Lipinski definition) is 2. The van der Waals surface area contributed by atoms with Gasteiger partial charge in [-0.05, 0) is 18.9 Å². The molecule has 1 aromatic rings. The Morgan fingerprint density at radius 1 is 1.56 bits per heavy atom. The van der Waals surface area contributed by atoms with Crippen LogP contribution in [0.5, 0.6) is 5.75 Å². The van der Waals surface area contributed by atoms with Crippen LogP contribution in [0, 0.1) is 10.1 Å². The van der Waals surface area contributed by atoms with Crippen LogP contribution in [0.4, 0.5) is 11.4 Å². The number of phenols is 1. The monoisotopic (exact) mass is 252 g/mol. The van der Waals surface area contributed by atoms with Crippen molar-refractivity contribution in [2.24, 2.45) is 0 Å². The second-order valence-electron chi connectivity index (χ2n) is 3.95. The molecular formula is C11H12N2O5. The summed E-state index contributed by atoms with van der Waals surface area (Å²) in [5, 5.41) is 22.6. The van der Waals surface area contributed by atoms with E-state index in [0.29, 0.717) is 13.0 Å². The van der Waals surface area contributed by atoms with E-state index in [1.807, 2.05) is 0 Å². The average molecular weight is 252 g/mol. The molecule has 0 aromatic heterocycles. The predicted molar refractivity (Wildman–Crippen MR) is 62.4 cm³/mol. The molecule has 0 spiro atoms. The first-order valence-corrected chi connectivity index (χ1v) is 5.48. The molecule has 1 aromatic carbocycles. The normalized spacial score (nSPS) is 18.6. The zero-order chi connectivity index (χ0) is 13.1. The van der Waals surface area contributed by atoms with Crippen molar-refractivity contribution in [1.29, 1.82) is 0 Å². The Morgan fingerprint density at radius 3 is 2.94 bits per heavy atom. The molecule has 2 rings (SSSR count). The zero-order valence-corrected chi connectivity index (χ0v) is 9.46. The van der Waals surface area contributed by atoms with E-state index in [-0.39, 0.29) is 17.1 Å². The minimum atomic E-state index is -0.596. The first-order valence-electron chi connectivity index (χ1n) is 5.48. The molecule has 0 aliphatic carbocycles. The number of nitro groups is 1. The summed E-state index contributed by atoms with van der Waals surface area (Å²) in [6.45, 7) is 0.527. The van der Waals surface area contributed by atoms with Crippen LogP contribution in [0.3, 0.4) is 0 Å². The van der Waals surface area contributed by atoms with Gasteiger partial charge in [0.15, 0.2) is 0 Å². The number of rotatable bonds is 3. The van der Waals surface area contributed by atoms with Crippen LogP contribution >= 0.6 is 0 Å². The number of amides is 1. The van der Waals surface area contributed by atoms with Crippen LogP contribution in [0.1, 0.15) is 12.8 Å². The van der Waals surface area contributed by atoms with Gasteiger partial charge in [-0.15, -0.1) is 0 Å². The summed E-state index contributed by atoms with van der Waals surface area (Å²) in [4.78, 5) is 21.7. The molecule has 18 heavy (non-hydrogen) atoms. The highest BCUT2D eigenvalue weighted by Gasteiger charge is 2.24. The number of nitrogens with zero attached hydrogens (tertiary/aromatic N) is 1. The van der Waals surface area contributed by atoms with Gasteiger partial charge in [0.05, 0.1) is 10.6 Å². The molecule has 1 atom stereocenters. The maximum absolute atomic E-state index is 11.7. The summed E-state index contributed by atoms with van der Waals surface area (Å²) in [7, 11) is 0. The van der Waals surface area contributed by atoms with Gasteiger partial charge in [0, 0.05) is 18.7 Å². The van der Waals surface area contributed by atoms with Crippen molar-refractivity contribution in [3.8, 4) is 5.75 Å². The number of benzene rings is 1. The van der Waals surface area contributed by atoms with Gasteiger partial charge in [-0.1, -0.05) is 0 Å². The van der Waals surface area contributed by atoms with E-state index >= 15 is 0 Å². The fourth-order valence-electron chi connectivity index (χ4n) is 1.74. The zero-order valence-electron chi connectivity index (χ0n) is 9.46. The van der Waals surface area contributed by atoms with Crippen LogP contribution in [-0.4, -0.2) is 28.6 Å². The van der Waals surface area contributed by atoms with E-state index in [2.05, 4.69) is 5.32 Å². The quantitative estimate of drug-likeness (QED) is 0.481. The molecule has 1 fully saturated rings. The fraction of sp³-hybridized carbons (Fsp3) is 0.364. The van der Waals surface area contributed by atoms with Gasteiger partial charge in [0.1, 0.15) is 11.9 Å². The van der Waals surface area contributed by atoms with E-state index in [1.54, 1.807) is 0 Å². The Balaban J connectivity index is 2.14. The maximum atomic E-state index is 11.7. The lowest BCUT2D eigenvalue weighted by atomic mass is 10.2. The Labute approximate surface area is 103 Å². The first kappa shape index (κ1) is 12.3. The second-order valence-corrected chi connectivity index (χ2v) is 3.95. The van der Waals surface area contributed by atoms with E-state index in [1.165, 1.54) is 6.07 Å². The summed E-state index contributed by atoms with van der Waals surface area (Å²) < 4.78 is 5.18. The predicted octanol–water partition coefficient (Wildman–Crippen LogP) is 1.42. The van der Waals surface area contributed by atoms with Crippen molar-refractivity contribution in [2.45, 2.75) is 18.9 Å². The molecule has 0 bridgehead atoms. The lowest BCUT2D eigenvalue weighted by Gasteiger charge is -2.11. The lowest BCUT2D eigenvalue weighted by Crippen LogP contribution is -2.26. The van der Waals surface area contributed by atoms with Crippen LogP contribution in [0.2, 0.25) is 0 Å². The highest BCUT2D eigenvalue weighted by atomic mass is 16.6. The third kappa shape index (κ3) is 2.57. The molecule has 0 saturated carbocycles. The summed E-state index contributed by atoms with van der Waals surface area (Å²) in [6.07, 6.45) is 0.865. The Morgan fingerprint density at radius 2 is 2.33 bits per heavy atom. The molecule has 7 heteroatoms. The third-order valence-electron chi connectivity index (χ3n) is 2.67. The number of aromatic hydroxyl groups is 1. The molecule has 0 radical (unpaired) electrons. The van der Waals surface area contributed by atoms with Crippen molar-refractivity contribution in [3.63, 3.8) is 0 Å². The number of carbonyl (C=O) groups excluding carboxylic acids is 1. The number of ether oxygens (including phenoxy) is 1. The number of nitrogens with one attached hydrogen (secondary N) is 1. The van der Waals surface area contributed by atoms with Crippen LogP contribution in [0.25, 0.3) is 0 Å². The second kappa shape index (κ2) is 5.01. The SMILES string of the molecule is O=C(Nc1cc([N+](=O)[O-])ccc1O)[C@H]1CCCO1. The molecule has 0 unspecified atom stereocenters. The van der Waals surface area contributed by atoms with Gasteiger partial charge < -0.3 is 15.2 Å². The summed E-state index contributed by atoms with van der Waals surface area (Å²) >= 11 is 0. The standard InChI is InChI=1S/C11H12N2O5/c14-9-4-3-7(13(16)17)6-8(9)12-11(15)10-2-1-5-18-10/h3-4,6,10,14H,1-2,5H2,(H,12,15)/t10-/m1/s1. The van der Waals surface area contributed by atoms with Crippen LogP contribution in [0.15, 0.2) is 18.2 Å². The van der Waals surface area contributed by atoms with Crippen molar-refractivity contribution < 1.29 is 19.6 Å². The Hall–Kier alpha value is -2.15. The lowest BCUT2D eigenvalue weighted by molar-refractivity contribution is -0.384. The maximum Gasteiger partial charge on any atom is 0.271 e. The number of carbonyl (C=O) groups is 1. The average Bonchev–Trinajstić information content (AvgIpc) is 2.85. The number of hydrogen-bond acceptors (Lipinski definition) is 5. The van der Waals surface area contributed by atoms with Gasteiger partial charge in [-0.25, -0.2) is 0 Å². The summed E-state index contributed by atoms with van der Waals surface area (Å²) in [5.74, 6) is -0.616. The molecule has 2 N–H and O–H groups in total. The first-order chi connectivity index (χ1) is 8.58. The largest absolute Gasteiger partial charge is 0.506 e. The van der Waals surface area contributed by atoms with Crippen molar-refractivity contribution >= 4 is 17.3 Å². The molecule has 1 aliphatic heterocycles. The van der Waals surface area contributed by atoms with Gasteiger partial charge in [0.25, 0.3) is 11.6 Å². The number of non-ortho nitro benzene ring substituents is 1. The molecule has 7 nitrogen and oxygen atoms in total. The van der Waals surface area contributed by atoms with E-state index < -0.39 is 16.9 Å². The number of nitro benzene ring substituents is 1. The molecule has 1 amide bonds. The smallest absolute Gasteiger partial charge is 0.271 e. The number of phenolic OH excluding ortho intramolecular Hbond substituents is 1. The highest BCUT2D eigenvalue weighted by Crippen LogP contribution is 2.28. The molecule has 1 aliphatic rings. The van der Waals surface area contributed by atoms with Crippen LogP contribution < -0.4 is 5.32 Å². The van der Waals surface area contributed by atoms with Crippen molar-refractivity contribution in [3.05, 3.63) is 28.3 Å². The Kier molecular flexibility index (Phi) is 3.42. The van der Waals surface area contributed by atoms with Gasteiger partial charge in [-0.3, -0.25) is 14.9 Å². The topological polar surface area (TPSA) is 102 Å². The van der Waals surface area contributed by atoms with Gasteiger partial charge in [-0.2, -0.15) is 0 Å². The van der Waals surface area contributed by atoms with Crippen molar-refractivity contribution in [1.82, 2.24) is 0 Å². The van der Waals surface area contributed by atoms with Crippen molar-refractivity contribution in [2.75, 3.05) is 11.9 Å². The Bertz CT molecular complexity index is 482. The third-order valence-corrected chi connectivity index (χ3v) is 2.67. The fourth-order valence-corrected chi connectivity index (χ4v) is 1.74. The summed E-state index contributed by atoms with van der Waals surface area (Å²) in [6, 6.07) is 3.45.